The molecule has 0 bridgehead atoms. The second kappa shape index (κ2) is 6.22. The molecule has 1 atom stereocenters. The molecule has 0 fully saturated rings. The van der Waals surface area contributed by atoms with Crippen LogP contribution >= 0.6 is 0 Å². The maximum absolute atomic E-state index is 8.83. The monoisotopic (exact) mass is 195 g/mol. The molecule has 0 saturated carbocycles. The first-order valence-corrected chi connectivity index (χ1v) is 3.98. The smallest absolute Gasteiger partial charge is 0.317 e. The molecule has 0 radical (unpaired) electrons. The van der Waals surface area contributed by atoms with Crippen molar-refractivity contribution in [3.05, 3.63) is 0 Å². The number of nitrogens with one attached hydrogen (secondary N) is 2. The first-order chi connectivity index (χ1) is 5.98. The number of nitrogens with two attached hydrogens (primary N) is 1. The Morgan fingerprint density at radius 1 is 1.15 bits per heavy atom. The summed E-state index contributed by atoms with van der Waals surface area (Å²) in [6.45, 7) is 1.93. The first kappa shape index (κ1) is 12.7. The van der Waals surface area contributed by atoms with Crippen LogP contribution in [0.3, 0.4) is 0 Å². The van der Waals surface area contributed by atoms with Crippen LogP contribution in [0.15, 0.2) is 0 Å². The molecular formula is C6H17N3O4. The van der Waals surface area contributed by atoms with Crippen molar-refractivity contribution in [2.24, 2.45) is 5.73 Å². The van der Waals surface area contributed by atoms with Gasteiger partial charge >= 0.3 is 5.97 Å². The van der Waals surface area contributed by atoms with Gasteiger partial charge in [0.05, 0.1) is 0 Å². The van der Waals surface area contributed by atoms with Gasteiger partial charge in [0.15, 0.2) is 6.23 Å². The van der Waals surface area contributed by atoms with E-state index in [0.29, 0.717) is 19.6 Å². The molecule has 0 aromatic heterocycles. The van der Waals surface area contributed by atoms with E-state index >= 15 is 0 Å². The Labute approximate surface area is 76.2 Å². The summed E-state index contributed by atoms with van der Waals surface area (Å²) in [7, 11) is 0. The Kier molecular flexibility index (Phi) is 6.08. The molecule has 8 N–H and O–H groups in total. The molecule has 0 saturated heterocycles. The topological polar surface area (TPSA) is 131 Å². The fraction of sp³-hybridized carbons (Fsp3) is 1.00. The van der Waals surface area contributed by atoms with Crippen LogP contribution in [0.1, 0.15) is 0 Å². The summed E-state index contributed by atoms with van der Waals surface area (Å²) in [4.78, 5) is 0. The standard InChI is InChI=1S/C6H17N3O4/c7-1-2-8-3-4-9-5(10)6(11,12)13/h5,8-13H,1-4,7H2. The number of hydrogen-bond donors (Lipinski definition) is 7. The van der Waals surface area contributed by atoms with Crippen LogP contribution in [0.4, 0.5) is 0 Å². The molecule has 0 amide bonds. The molecule has 0 aliphatic carbocycles. The van der Waals surface area contributed by atoms with E-state index in [1.54, 1.807) is 0 Å². The summed E-state index contributed by atoms with van der Waals surface area (Å²) >= 11 is 0. The van der Waals surface area contributed by atoms with Crippen molar-refractivity contribution in [1.82, 2.24) is 10.6 Å². The molecule has 0 rings (SSSR count). The van der Waals surface area contributed by atoms with E-state index in [0.717, 1.165) is 0 Å². The van der Waals surface area contributed by atoms with Gasteiger partial charge in [-0.1, -0.05) is 0 Å². The molecule has 0 spiro atoms. The van der Waals surface area contributed by atoms with Gasteiger partial charge in [-0.25, -0.2) is 0 Å². The zero-order valence-electron chi connectivity index (χ0n) is 7.27. The van der Waals surface area contributed by atoms with Crippen LogP contribution in [0.2, 0.25) is 0 Å². The Morgan fingerprint density at radius 3 is 2.23 bits per heavy atom. The van der Waals surface area contributed by atoms with Gasteiger partial charge in [-0.3, -0.25) is 5.32 Å². The lowest BCUT2D eigenvalue weighted by Crippen LogP contribution is -2.52. The van der Waals surface area contributed by atoms with Gasteiger partial charge in [0.1, 0.15) is 0 Å². The minimum absolute atomic E-state index is 0.282. The van der Waals surface area contributed by atoms with E-state index in [9.17, 15) is 0 Å². The van der Waals surface area contributed by atoms with Crippen LogP contribution in [-0.2, 0) is 0 Å². The van der Waals surface area contributed by atoms with Gasteiger partial charge in [0.25, 0.3) is 0 Å². The highest BCUT2D eigenvalue weighted by atomic mass is 16.7. The maximum atomic E-state index is 8.83. The average molecular weight is 195 g/mol. The Bertz CT molecular complexity index is 128. The van der Waals surface area contributed by atoms with Gasteiger partial charge in [-0.05, 0) is 0 Å². The number of aliphatic hydroxyl groups excluding tert-OH is 1. The van der Waals surface area contributed by atoms with E-state index in [2.05, 4.69) is 10.6 Å². The Morgan fingerprint density at radius 2 is 1.77 bits per heavy atom. The summed E-state index contributed by atoms with van der Waals surface area (Å²) in [5, 5.41) is 39.4. The highest BCUT2D eigenvalue weighted by molar-refractivity contribution is 4.61. The van der Waals surface area contributed by atoms with Crippen molar-refractivity contribution in [3.8, 4) is 0 Å². The highest BCUT2D eigenvalue weighted by Gasteiger charge is 2.29. The Hall–Kier alpha value is -0.280. The number of rotatable bonds is 7. The molecule has 0 aromatic carbocycles. The third-order valence-electron chi connectivity index (χ3n) is 1.33. The van der Waals surface area contributed by atoms with Crippen LogP contribution in [-0.4, -0.2) is 58.8 Å². The molecule has 80 valence electrons. The quantitative estimate of drug-likeness (QED) is 0.163. The summed E-state index contributed by atoms with van der Waals surface area (Å²) in [5.41, 5.74) is 5.19. The summed E-state index contributed by atoms with van der Waals surface area (Å²) < 4.78 is 0. The zero-order chi connectivity index (χ0) is 10.3. The van der Waals surface area contributed by atoms with Gasteiger partial charge in [-0.15, -0.1) is 0 Å². The Balaban J connectivity index is 3.32. The third-order valence-corrected chi connectivity index (χ3v) is 1.33. The molecule has 0 aromatic rings. The van der Waals surface area contributed by atoms with Gasteiger partial charge in [0, 0.05) is 26.2 Å². The first-order valence-electron chi connectivity index (χ1n) is 3.98. The van der Waals surface area contributed by atoms with E-state index in [-0.39, 0.29) is 6.54 Å². The molecule has 0 heterocycles. The minimum atomic E-state index is -3.10. The summed E-state index contributed by atoms with van der Waals surface area (Å²) in [6.07, 6.45) is -1.79. The fourth-order valence-electron chi connectivity index (χ4n) is 0.661. The lowest BCUT2D eigenvalue weighted by Gasteiger charge is -2.21. The maximum Gasteiger partial charge on any atom is 0.317 e. The third kappa shape index (κ3) is 6.84. The molecule has 1 unspecified atom stereocenters. The van der Waals surface area contributed by atoms with E-state index in [1.807, 2.05) is 0 Å². The van der Waals surface area contributed by atoms with Crippen molar-refractivity contribution in [3.63, 3.8) is 0 Å². The molecule has 7 heteroatoms. The number of hydrogen-bond acceptors (Lipinski definition) is 7. The van der Waals surface area contributed by atoms with Crippen molar-refractivity contribution in [1.29, 1.82) is 0 Å². The SMILES string of the molecule is NCCNCCNC(O)C(O)(O)O. The summed E-state index contributed by atoms with van der Waals surface area (Å²) in [6, 6.07) is 0. The van der Waals surface area contributed by atoms with E-state index < -0.39 is 12.2 Å². The van der Waals surface area contributed by atoms with Crippen LogP contribution in [0, 0.1) is 0 Å². The van der Waals surface area contributed by atoms with Crippen LogP contribution in [0.25, 0.3) is 0 Å². The van der Waals surface area contributed by atoms with E-state index in [1.165, 1.54) is 0 Å². The largest absolute Gasteiger partial charge is 0.371 e. The average Bonchev–Trinajstić information content (AvgIpc) is 2.02. The van der Waals surface area contributed by atoms with Crippen LogP contribution < -0.4 is 16.4 Å². The van der Waals surface area contributed by atoms with Crippen molar-refractivity contribution < 1.29 is 20.4 Å². The lowest BCUT2D eigenvalue weighted by molar-refractivity contribution is -0.359. The van der Waals surface area contributed by atoms with Gasteiger partial charge < -0.3 is 31.5 Å². The van der Waals surface area contributed by atoms with Crippen molar-refractivity contribution in [2.45, 2.75) is 12.2 Å². The molecule has 13 heavy (non-hydrogen) atoms. The molecular weight excluding hydrogens is 178 g/mol. The summed E-state index contributed by atoms with van der Waals surface area (Å²) in [5.74, 6) is -3.10. The fourth-order valence-corrected chi connectivity index (χ4v) is 0.661. The second-order valence-corrected chi connectivity index (χ2v) is 2.58. The minimum Gasteiger partial charge on any atom is -0.371 e. The highest BCUT2D eigenvalue weighted by Crippen LogP contribution is 1.96. The molecule has 0 aliphatic rings. The lowest BCUT2D eigenvalue weighted by atomic mass is 10.4. The van der Waals surface area contributed by atoms with Crippen molar-refractivity contribution >= 4 is 0 Å². The van der Waals surface area contributed by atoms with Gasteiger partial charge in [-0.2, -0.15) is 0 Å². The zero-order valence-corrected chi connectivity index (χ0v) is 7.27. The van der Waals surface area contributed by atoms with Crippen LogP contribution in [0.5, 0.6) is 0 Å². The predicted molar refractivity (Wildman–Crippen MR) is 45.3 cm³/mol. The van der Waals surface area contributed by atoms with E-state index in [4.69, 9.17) is 26.2 Å². The molecule has 7 nitrogen and oxygen atoms in total. The number of aliphatic hydroxyl groups is 4. The predicted octanol–water partition coefficient (Wildman–Crippen LogP) is -3.93. The van der Waals surface area contributed by atoms with Crippen molar-refractivity contribution in [2.75, 3.05) is 26.2 Å². The molecule has 0 aliphatic heterocycles. The second-order valence-electron chi connectivity index (χ2n) is 2.58. The van der Waals surface area contributed by atoms with Gasteiger partial charge in [0.2, 0.25) is 0 Å². The normalized spacial score (nSPS) is 14.5.